The Morgan fingerprint density at radius 2 is 1.95 bits per heavy atom. The number of amides is 1. The van der Waals surface area contributed by atoms with Crippen molar-refractivity contribution in [3.05, 3.63) is 24.3 Å². The molecule has 1 amide bonds. The Morgan fingerprint density at radius 1 is 1.30 bits per heavy atom. The van der Waals surface area contributed by atoms with E-state index >= 15 is 0 Å². The van der Waals surface area contributed by atoms with Crippen LogP contribution in [-0.2, 0) is 4.79 Å². The summed E-state index contributed by atoms with van der Waals surface area (Å²) in [6, 6.07) is 7.27. The third-order valence-electron chi connectivity index (χ3n) is 2.67. The SMILES string of the molecule is CCOc1cccc(OCCC(NC(C)C)C(N)=O)c1. The van der Waals surface area contributed by atoms with E-state index in [0.717, 1.165) is 11.5 Å². The molecule has 0 aliphatic heterocycles. The first-order valence-corrected chi connectivity index (χ1v) is 6.94. The molecule has 0 spiro atoms. The number of rotatable bonds is 9. The van der Waals surface area contributed by atoms with Crippen LogP contribution in [0.2, 0.25) is 0 Å². The zero-order valence-electron chi connectivity index (χ0n) is 12.4. The van der Waals surface area contributed by atoms with Crippen molar-refractivity contribution < 1.29 is 14.3 Å². The van der Waals surface area contributed by atoms with E-state index in [9.17, 15) is 4.79 Å². The molecule has 0 aliphatic carbocycles. The number of primary amides is 1. The van der Waals surface area contributed by atoms with Crippen molar-refractivity contribution in [3.8, 4) is 11.5 Å². The lowest BCUT2D eigenvalue weighted by atomic mass is 10.2. The van der Waals surface area contributed by atoms with Crippen LogP contribution >= 0.6 is 0 Å². The predicted octanol–water partition coefficient (Wildman–Crippen LogP) is 1.71. The molecule has 1 unspecified atom stereocenters. The van der Waals surface area contributed by atoms with E-state index in [-0.39, 0.29) is 18.0 Å². The molecule has 20 heavy (non-hydrogen) atoms. The summed E-state index contributed by atoms with van der Waals surface area (Å²) in [5.41, 5.74) is 5.35. The van der Waals surface area contributed by atoms with Crippen LogP contribution in [0, 0.1) is 0 Å². The summed E-state index contributed by atoms with van der Waals surface area (Å²) in [6.45, 7) is 6.92. The zero-order chi connectivity index (χ0) is 15.0. The maximum absolute atomic E-state index is 11.3. The van der Waals surface area contributed by atoms with Gasteiger partial charge in [-0.25, -0.2) is 0 Å². The van der Waals surface area contributed by atoms with Crippen molar-refractivity contribution in [1.29, 1.82) is 0 Å². The summed E-state index contributed by atoms with van der Waals surface area (Å²) in [6.07, 6.45) is 0.534. The minimum absolute atomic E-state index is 0.203. The van der Waals surface area contributed by atoms with Crippen LogP contribution in [0.25, 0.3) is 0 Å². The molecule has 1 aromatic rings. The lowest BCUT2D eigenvalue weighted by Gasteiger charge is -2.18. The van der Waals surface area contributed by atoms with Gasteiger partial charge in [0.05, 0.1) is 19.3 Å². The van der Waals surface area contributed by atoms with Crippen LogP contribution in [0.5, 0.6) is 11.5 Å². The van der Waals surface area contributed by atoms with Crippen molar-refractivity contribution in [2.45, 2.75) is 39.3 Å². The van der Waals surface area contributed by atoms with Crippen molar-refractivity contribution >= 4 is 5.91 Å². The summed E-state index contributed by atoms with van der Waals surface area (Å²) in [7, 11) is 0. The Bertz CT molecular complexity index is 421. The molecular formula is C15H24N2O3. The van der Waals surface area contributed by atoms with Gasteiger partial charge >= 0.3 is 0 Å². The van der Waals surface area contributed by atoms with Gasteiger partial charge in [-0.3, -0.25) is 4.79 Å². The molecule has 5 nitrogen and oxygen atoms in total. The van der Waals surface area contributed by atoms with Crippen LogP contribution < -0.4 is 20.5 Å². The molecule has 0 saturated carbocycles. The van der Waals surface area contributed by atoms with E-state index in [4.69, 9.17) is 15.2 Å². The second kappa shape index (κ2) is 8.43. The quantitative estimate of drug-likeness (QED) is 0.722. The molecule has 1 atom stereocenters. The predicted molar refractivity (Wildman–Crippen MR) is 79.0 cm³/mol. The summed E-state index contributed by atoms with van der Waals surface area (Å²) < 4.78 is 11.0. The van der Waals surface area contributed by atoms with Crippen molar-refractivity contribution in [1.82, 2.24) is 5.32 Å². The maximum atomic E-state index is 11.3. The molecule has 3 N–H and O–H groups in total. The number of hydrogen-bond donors (Lipinski definition) is 2. The van der Waals surface area contributed by atoms with Crippen molar-refractivity contribution in [2.75, 3.05) is 13.2 Å². The van der Waals surface area contributed by atoms with Crippen LogP contribution in [-0.4, -0.2) is 31.2 Å². The molecule has 0 aliphatic rings. The van der Waals surface area contributed by atoms with Gasteiger partial charge in [-0.05, 0) is 19.1 Å². The van der Waals surface area contributed by atoms with Gasteiger partial charge in [-0.15, -0.1) is 0 Å². The highest BCUT2D eigenvalue weighted by atomic mass is 16.5. The average Bonchev–Trinajstić information content (AvgIpc) is 2.38. The van der Waals surface area contributed by atoms with Gasteiger partial charge in [0.15, 0.2) is 0 Å². The Kier molecular flexibility index (Phi) is 6.87. The number of carbonyl (C=O) groups is 1. The number of ether oxygens (including phenoxy) is 2. The minimum atomic E-state index is -0.370. The Balaban J connectivity index is 2.45. The average molecular weight is 280 g/mol. The van der Waals surface area contributed by atoms with Gasteiger partial charge in [-0.2, -0.15) is 0 Å². The highest BCUT2D eigenvalue weighted by Crippen LogP contribution is 2.19. The minimum Gasteiger partial charge on any atom is -0.494 e. The van der Waals surface area contributed by atoms with Gasteiger partial charge in [0.2, 0.25) is 5.91 Å². The number of nitrogens with one attached hydrogen (secondary N) is 1. The summed E-state index contributed by atoms with van der Waals surface area (Å²) in [5.74, 6) is 1.14. The number of carbonyl (C=O) groups excluding carboxylic acids is 1. The lowest BCUT2D eigenvalue weighted by Crippen LogP contribution is -2.45. The standard InChI is InChI=1S/C15H24N2O3/c1-4-19-12-6-5-7-13(10-12)20-9-8-14(15(16)18)17-11(2)3/h5-7,10-11,14,17H,4,8-9H2,1-3H3,(H2,16,18). The topological polar surface area (TPSA) is 73.6 Å². The Morgan fingerprint density at radius 3 is 2.50 bits per heavy atom. The normalized spacial score (nSPS) is 12.2. The summed E-state index contributed by atoms with van der Waals surface area (Å²) in [5, 5.41) is 3.12. The highest BCUT2D eigenvalue weighted by molar-refractivity contribution is 5.79. The van der Waals surface area contributed by atoms with E-state index in [1.54, 1.807) is 0 Å². The number of nitrogens with two attached hydrogens (primary N) is 1. The van der Waals surface area contributed by atoms with Gasteiger partial charge < -0.3 is 20.5 Å². The molecule has 0 radical (unpaired) electrons. The first-order chi connectivity index (χ1) is 9.52. The molecule has 0 bridgehead atoms. The molecule has 1 rings (SSSR count). The fourth-order valence-electron chi connectivity index (χ4n) is 1.83. The van der Waals surface area contributed by atoms with Gasteiger partial charge in [0.25, 0.3) is 0 Å². The summed E-state index contributed by atoms with van der Waals surface area (Å²) in [4.78, 5) is 11.3. The lowest BCUT2D eigenvalue weighted by molar-refractivity contribution is -0.120. The van der Waals surface area contributed by atoms with E-state index in [1.165, 1.54) is 0 Å². The fraction of sp³-hybridized carbons (Fsp3) is 0.533. The molecular weight excluding hydrogens is 256 g/mol. The van der Waals surface area contributed by atoms with Crippen LogP contribution in [0.3, 0.4) is 0 Å². The first kappa shape index (κ1) is 16.3. The largest absolute Gasteiger partial charge is 0.494 e. The summed E-state index contributed by atoms with van der Waals surface area (Å²) >= 11 is 0. The third-order valence-corrected chi connectivity index (χ3v) is 2.67. The van der Waals surface area contributed by atoms with E-state index in [2.05, 4.69) is 5.32 Å². The fourth-order valence-corrected chi connectivity index (χ4v) is 1.83. The van der Waals surface area contributed by atoms with Crippen LogP contribution in [0.1, 0.15) is 27.2 Å². The van der Waals surface area contributed by atoms with Crippen molar-refractivity contribution in [2.24, 2.45) is 5.73 Å². The van der Waals surface area contributed by atoms with E-state index in [0.29, 0.717) is 19.6 Å². The molecule has 0 aromatic heterocycles. The monoisotopic (exact) mass is 280 g/mol. The second-order valence-corrected chi connectivity index (χ2v) is 4.82. The smallest absolute Gasteiger partial charge is 0.234 e. The Hall–Kier alpha value is -1.75. The maximum Gasteiger partial charge on any atom is 0.234 e. The Labute approximate surface area is 120 Å². The second-order valence-electron chi connectivity index (χ2n) is 4.82. The van der Waals surface area contributed by atoms with E-state index < -0.39 is 0 Å². The zero-order valence-corrected chi connectivity index (χ0v) is 12.4. The van der Waals surface area contributed by atoms with Gasteiger partial charge in [0.1, 0.15) is 11.5 Å². The number of hydrogen-bond acceptors (Lipinski definition) is 4. The first-order valence-electron chi connectivity index (χ1n) is 6.94. The molecule has 112 valence electrons. The molecule has 0 fully saturated rings. The highest BCUT2D eigenvalue weighted by Gasteiger charge is 2.15. The van der Waals surface area contributed by atoms with Crippen molar-refractivity contribution in [3.63, 3.8) is 0 Å². The molecule has 0 saturated heterocycles. The van der Waals surface area contributed by atoms with Gasteiger partial charge in [0, 0.05) is 18.5 Å². The molecule has 0 heterocycles. The number of benzene rings is 1. The molecule has 1 aromatic carbocycles. The van der Waals surface area contributed by atoms with Gasteiger partial charge in [-0.1, -0.05) is 19.9 Å². The van der Waals surface area contributed by atoms with Crippen LogP contribution in [0.4, 0.5) is 0 Å². The van der Waals surface area contributed by atoms with Crippen LogP contribution in [0.15, 0.2) is 24.3 Å². The van der Waals surface area contributed by atoms with E-state index in [1.807, 2.05) is 45.0 Å². The third kappa shape index (κ3) is 5.93. The molecule has 5 heteroatoms.